The average molecular weight is 266 g/mol. The first kappa shape index (κ1) is 15.4. The number of hydrogen-bond acceptors (Lipinski definition) is 5. The van der Waals surface area contributed by atoms with Gasteiger partial charge in [0, 0.05) is 19.3 Å². The molecule has 106 valence electrons. The molecule has 2 N–H and O–H groups in total. The quantitative estimate of drug-likeness (QED) is 0.557. The molecule has 0 aliphatic carbocycles. The van der Waals surface area contributed by atoms with Gasteiger partial charge < -0.3 is 15.2 Å². The second kappa shape index (κ2) is 8.48. The zero-order valence-corrected chi connectivity index (χ0v) is 11.6. The van der Waals surface area contributed by atoms with Crippen LogP contribution < -0.4 is 5.32 Å². The number of esters is 1. The van der Waals surface area contributed by atoms with Crippen LogP contribution in [0.3, 0.4) is 0 Å². The Kier molecular flexibility index (Phi) is 6.89. The van der Waals surface area contributed by atoms with Gasteiger partial charge in [-0.25, -0.2) is 9.78 Å². The highest BCUT2D eigenvalue weighted by Crippen LogP contribution is 2.13. The molecule has 1 aromatic rings. The third kappa shape index (κ3) is 5.26. The van der Waals surface area contributed by atoms with Crippen molar-refractivity contribution >= 4 is 11.8 Å². The lowest BCUT2D eigenvalue weighted by molar-refractivity contribution is 0.0527. The van der Waals surface area contributed by atoms with E-state index in [1.165, 1.54) is 0 Å². The maximum atomic E-state index is 11.7. The zero-order valence-electron chi connectivity index (χ0n) is 11.6. The molecule has 0 aliphatic heterocycles. The van der Waals surface area contributed by atoms with Crippen LogP contribution in [-0.2, 0) is 4.74 Å². The standard InChI is InChI=1S/C14H22N2O3/c1-3-19-14(18)12-7-5-9-16-13(12)15-8-4-6-11(2)10-17/h5,7,9,11,17H,3-4,6,8,10H2,1-2H3,(H,15,16). The summed E-state index contributed by atoms with van der Waals surface area (Å²) in [5.41, 5.74) is 0.458. The molecule has 0 saturated carbocycles. The summed E-state index contributed by atoms with van der Waals surface area (Å²) in [4.78, 5) is 15.9. The first-order chi connectivity index (χ1) is 9.19. The van der Waals surface area contributed by atoms with Crippen LogP contribution in [0.25, 0.3) is 0 Å². The summed E-state index contributed by atoms with van der Waals surface area (Å²) in [5, 5.41) is 12.1. The number of aliphatic hydroxyl groups excluding tert-OH is 1. The van der Waals surface area contributed by atoms with E-state index in [4.69, 9.17) is 9.84 Å². The number of pyridine rings is 1. The predicted octanol–water partition coefficient (Wildman–Crippen LogP) is 2.08. The highest BCUT2D eigenvalue weighted by molar-refractivity contribution is 5.94. The van der Waals surface area contributed by atoms with Gasteiger partial charge in [-0.1, -0.05) is 6.92 Å². The molecular formula is C14H22N2O3. The molecule has 0 amide bonds. The predicted molar refractivity (Wildman–Crippen MR) is 74.2 cm³/mol. The lowest BCUT2D eigenvalue weighted by atomic mass is 10.1. The van der Waals surface area contributed by atoms with E-state index in [0.717, 1.165) is 12.8 Å². The van der Waals surface area contributed by atoms with Gasteiger partial charge in [0.1, 0.15) is 11.4 Å². The molecule has 1 heterocycles. The largest absolute Gasteiger partial charge is 0.462 e. The number of aromatic nitrogens is 1. The Hall–Kier alpha value is -1.62. The Balaban J connectivity index is 2.51. The number of hydrogen-bond donors (Lipinski definition) is 2. The summed E-state index contributed by atoms with van der Waals surface area (Å²) in [7, 11) is 0. The maximum absolute atomic E-state index is 11.7. The van der Waals surface area contributed by atoms with Crippen LogP contribution in [0.5, 0.6) is 0 Å². The van der Waals surface area contributed by atoms with Gasteiger partial charge in [-0.05, 0) is 37.8 Å². The van der Waals surface area contributed by atoms with Crippen LogP contribution in [0.2, 0.25) is 0 Å². The van der Waals surface area contributed by atoms with Crippen LogP contribution in [0.15, 0.2) is 18.3 Å². The van der Waals surface area contributed by atoms with Crippen LogP contribution in [0.1, 0.15) is 37.0 Å². The monoisotopic (exact) mass is 266 g/mol. The average Bonchev–Trinajstić information content (AvgIpc) is 2.44. The first-order valence-electron chi connectivity index (χ1n) is 6.65. The summed E-state index contributed by atoms with van der Waals surface area (Å²) in [6.07, 6.45) is 3.49. The number of nitrogens with one attached hydrogen (secondary N) is 1. The van der Waals surface area contributed by atoms with Crippen LogP contribution in [-0.4, -0.2) is 35.8 Å². The molecule has 1 atom stereocenters. The number of ether oxygens (including phenoxy) is 1. The lowest BCUT2D eigenvalue weighted by Crippen LogP contribution is -2.13. The Labute approximate surface area is 114 Å². The fraction of sp³-hybridized carbons (Fsp3) is 0.571. The molecule has 5 heteroatoms. The van der Waals surface area contributed by atoms with Crippen LogP contribution in [0, 0.1) is 5.92 Å². The van der Waals surface area contributed by atoms with Crippen molar-refractivity contribution in [3.05, 3.63) is 23.9 Å². The second-order valence-electron chi connectivity index (χ2n) is 4.48. The van der Waals surface area contributed by atoms with E-state index in [9.17, 15) is 4.79 Å². The van der Waals surface area contributed by atoms with E-state index in [2.05, 4.69) is 10.3 Å². The second-order valence-corrected chi connectivity index (χ2v) is 4.48. The first-order valence-corrected chi connectivity index (χ1v) is 6.65. The fourth-order valence-electron chi connectivity index (χ4n) is 1.67. The molecule has 0 spiro atoms. The van der Waals surface area contributed by atoms with Gasteiger partial charge in [-0.2, -0.15) is 0 Å². The summed E-state index contributed by atoms with van der Waals surface area (Å²) in [5.74, 6) is 0.495. The number of rotatable bonds is 8. The van der Waals surface area contributed by atoms with Gasteiger partial charge in [0.05, 0.1) is 6.61 Å². The van der Waals surface area contributed by atoms with Crippen molar-refractivity contribution in [2.75, 3.05) is 25.1 Å². The molecule has 0 aliphatic rings. The van der Waals surface area contributed by atoms with Crippen molar-refractivity contribution in [2.24, 2.45) is 5.92 Å². The van der Waals surface area contributed by atoms with Crippen molar-refractivity contribution < 1.29 is 14.6 Å². The van der Waals surface area contributed by atoms with Gasteiger partial charge in [0.2, 0.25) is 0 Å². The van der Waals surface area contributed by atoms with E-state index >= 15 is 0 Å². The lowest BCUT2D eigenvalue weighted by Gasteiger charge is -2.11. The number of carbonyl (C=O) groups is 1. The molecule has 1 aromatic heterocycles. The molecule has 0 bridgehead atoms. The van der Waals surface area contributed by atoms with Crippen molar-refractivity contribution in [3.8, 4) is 0 Å². The van der Waals surface area contributed by atoms with Gasteiger partial charge in [0.15, 0.2) is 0 Å². The van der Waals surface area contributed by atoms with Gasteiger partial charge in [-0.3, -0.25) is 0 Å². The minimum atomic E-state index is -0.359. The highest BCUT2D eigenvalue weighted by atomic mass is 16.5. The molecule has 0 fully saturated rings. The minimum absolute atomic E-state index is 0.206. The van der Waals surface area contributed by atoms with E-state index in [1.807, 2.05) is 6.92 Å². The van der Waals surface area contributed by atoms with Crippen LogP contribution in [0.4, 0.5) is 5.82 Å². The Morgan fingerprint density at radius 2 is 2.37 bits per heavy atom. The Morgan fingerprint density at radius 3 is 3.05 bits per heavy atom. The molecule has 5 nitrogen and oxygen atoms in total. The number of carbonyl (C=O) groups excluding carboxylic acids is 1. The number of aliphatic hydroxyl groups is 1. The van der Waals surface area contributed by atoms with Crippen molar-refractivity contribution in [3.63, 3.8) is 0 Å². The molecule has 1 unspecified atom stereocenters. The summed E-state index contributed by atoms with van der Waals surface area (Å²) >= 11 is 0. The van der Waals surface area contributed by atoms with Crippen molar-refractivity contribution in [1.82, 2.24) is 4.98 Å². The number of nitrogens with zero attached hydrogens (tertiary/aromatic N) is 1. The third-order valence-corrected chi connectivity index (χ3v) is 2.78. The molecular weight excluding hydrogens is 244 g/mol. The normalized spacial score (nSPS) is 11.9. The van der Waals surface area contributed by atoms with Crippen molar-refractivity contribution in [1.29, 1.82) is 0 Å². The van der Waals surface area contributed by atoms with Crippen molar-refractivity contribution in [2.45, 2.75) is 26.7 Å². The number of anilines is 1. The fourth-order valence-corrected chi connectivity index (χ4v) is 1.67. The van der Waals surface area contributed by atoms with E-state index in [-0.39, 0.29) is 12.6 Å². The summed E-state index contributed by atoms with van der Waals surface area (Å²) in [6, 6.07) is 3.41. The topological polar surface area (TPSA) is 71.5 Å². The SMILES string of the molecule is CCOC(=O)c1cccnc1NCCCC(C)CO. The third-order valence-electron chi connectivity index (χ3n) is 2.78. The van der Waals surface area contributed by atoms with Crippen LogP contribution >= 0.6 is 0 Å². The zero-order chi connectivity index (χ0) is 14.1. The van der Waals surface area contributed by atoms with E-state index in [1.54, 1.807) is 25.3 Å². The summed E-state index contributed by atoms with van der Waals surface area (Å²) < 4.78 is 4.98. The Morgan fingerprint density at radius 1 is 1.58 bits per heavy atom. The molecule has 0 radical (unpaired) electrons. The molecule has 0 saturated heterocycles. The van der Waals surface area contributed by atoms with Gasteiger partial charge in [-0.15, -0.1) is 0 Å². The minimum Gasteiger partial charge on any atom is -0.462 e. The molecule has 19 heavy (non-hydrogen) atoms. The summed E-state index contributed by atoms with van der Waals surface area (Å²) in [6.45, 7) is 5.05. The van der Waals surface area contributed by atoms with Gasteiger partial charge >= 0.3 is 5.97 Å². The van der Waals surface area contributed by atoms with E-state index in [0.29, 0.717) is 30.5 Å². The maximum Gasteiger partial charge on any atom is 0.341 e. The van der Waals surface area contributed by atoms with Gasteiger partial charge in [0.25, 0.3) is 0 Å². The Bertz CT molecular complexity index is 396. The van der Waals surface area contributed by atoms with E-state index < -0.39 is 0 Å². The highest BCUT2D eigenvalue weighted by Gasteiger charge is 2.12. The molecule has 1 rings (SSSR count). The smallest absolute Gasteiger partial charge is 0.341 e. The molecule has 0 aromatic carbocycles.